The maximum atomic E-state index is 13.2. The number of hydrogen-bond acceptors (Lipinski definition) is 2. The van der Waals surface area contributed by atoms with E-state index in [1.165, 1.54) is 17.2 Å². The molecule has 0 radical (unpaired) electrons. The molecule has 0 saturated heterocycles. The van der Waals surface area contributed by atoms with Crippen molar-refractivity contribution in [1.29, 1.82) is 0 Å². The summed E-state index contributed by atoms with van der Waals surface area (Å²) in [5.41, 5.74) is 10.1. The Morgan fingerprint density at radius 3 is 2.58 bits per heavy atom. The second-order valence-corrected chi connectivity index (χ2v) is 4.80. The lowest BCUT2D eigenvalue weighted by molar-refractivity contribution is 0.627. The van der Waals surface area contributed by atoms with Crippen molar-refractivity contribution in [3.05, 3.63) is 65.0 Å². The molecule has 0 aliphatic heterocycles. The largest absolute Gasteiger partial charge is 0.370 e. The topological polar surface area (TPSA) is 29.3 Å². The number of rotatable bonds is 4. The van der Waals surface area contributed by atoms with Crippen LogP contribution in [0.15, 0.2) is 42.5 Å². The molecule has 100 valence electrons. The van der Waals surface area contributed by atoms with E-state index >= 15 is 0 Å². The highest BCUT2D eigenvalue weighted by molar-refractivity contribution is 5.47. The summed E-state index contributed by atoms with van der Waals surface area (Å²) in [6.45, 7) is 3.38. The Hall–Kier alpha value is -1.87. The molecule has 0 fully saturated rings. The van der Waals surface area contributed by atoms with Crippen molar-refractivity contribution in [2.75, 3.05) is 11.9 Å². The second-order valence-electron chi connectivity index (χ2n) is 4.80. The van der Waals surface area contributed by atoms with Gasteiger partial charge in [0.15, 0.2) is 0 Å². The molecule has 19 heavy (non-hydrogen) atoms. The van der Waals surface area contributed by atoms with Gasteiger partial charge in [-0.3, -0.25) is 0 Å². The molecular formula is C16H19FN2. The van der Waals surface area contributed by atoms with E-state index in [0.29, 0.717) is 6.54 Å². The third kappa shape index (κ3) is 3.32. The van der Waals surface area contributed by atoms with Crippen LogP contribution in [0.1, 0.15) is 16.7 Å². The van der Waals surface area contributed by atoms with Gasteiger partial charge in [0.1, 0.15) is 5.82 Å². The van der Waals surface area contributed by atoms with E-state index in [-0.39, 0.29) is 5.82 Å². The van der Waals surface area contributed by atoms with Gasteiger partial charge >= 0.3 is 0 Å². The van der Waals surface area contributed by atoms with Gasteiger partial charge in [0.05, 0.1) is 0 Å². The number of benzene rings is 2. The predicted octanol–water partition coefficient (Wildman–Crippen LogP) is 3.23. The van der Waals surface area contributed by atoms with Gasteiger partial charge in [0, 0.05) is 25.8 Å². The first-order chi connectivity index (χ1) is 9.10. The molecule has 2 rings (SSSR count). The molecule has 2 N–H and O–H groups in total. The molecule has 0 amide bonds. The average Bonchev–Trinajstić information content (AvgIpc) is 2.41. The molecule has 2 aromatic rings. The van der Waals surface area contributed by atoms with Crippen molar-refractivity contribution >= 4 is 5.69 Å². The highest BCUT2D eigenvalue weighted by Crippen LogP contribution is 2.19. The van der Waals surface area contributed by atoms with E-state index in [4.69, 9.17) is 5.73 Å². The Morgan fingerprint density at radius 2 is 1.95 bits per heavy atom. The van der Waals surface area contributed by atoms with Crippen molar-refractivity contribution in [3.8, 4) is 0 Å². The van der Waals surface area contributed by atoms with Crippen LogP contribution < -0.4 is 10.6 Å². The van der Waals surface area contributed by atoms with Crippen LogP contribution in [-0.2, 0) is 13.1 Å². The maximum Gasteiger partial charge on any atom is 0.125 e. The molecule has 0 saturated carbocycles. The molecule has 0 bridgehead atoms. The fourth-order valence-corrected chi connectivity index (χ4v) is 2.12. The SMILES string of the molecule is Cc1cc(CN)ccc1CN(C)c1cccc(F)c1. The van der Waals surface area contributed by atoms with Crippen molar-refractivity contribution in [2.45, 2.75) is 20.0 Å². The fraction of sp³-hybridized carbons (Fsp3) is 0.250. The van der Waals surface area contributed by atoms with Crippen LogP contribution in [-0.4, -0.2) is 7.05 Å². The number of halogens is 1. The summed E-state index contributed by atoms with van der Waals surface area (Å²) in [6.07, 6.45) is 0. The Morgan fingerprint density at radius 1 is 1.16 bits per heavy atom. The van der Waals surface area contributed by atoms with Crippen LogP contribution in [0.4, 0.5) is 10.1 Å². The standard InChI is InChI=1S/C16H19FN2/c1-12-8-13(10-18)6-7-14(12)11-19(2)16-5-3-4-15(17)9-16/h3-9H,10-11,18H2,1-2H3. The normalized spacial score (nSPS) is 10.5. The van der Waals surface area contributed by atoms with E-state index in [1.807, 2.05) is 24.1 Å². The number of anilines is 1. The van der Waals surface area contributed by atoms with Gasteiger partial charge in [-0.05, 0) is 41.8 Å². The first-order valence-electron chi connectivity index (χ1n) is 6.35. The molecule has 0 aliphatic carbocycles. The van der Waals surface area contributed by atoms with Gasteiger partial charge < -0.3 is 10.6 Å². The number of aryl methyl sites for hydroxylation is 1. The first kappa shape index (κ1) is 13.6. The Bertz CT molecular complexity index is 566. The smallest absolute Gasteiger partial charge is 0.125 e. The van der Waals surface area contributed by atoms with Gasteiger partial charge in [-0.2, -0.15) is 0 Å². The Kier molecular flexibility index (Phi) is 4.17. The molecule has 0 atom stereocenters. The van der Waals surface area contributed by atoms with E-state index in [9.17, 15) is 4.39 Å². The molecule has 0 aromatic heterocycles. The van der Waals surface area contributed by atoms with Gasteiger partial charge in [-0.25, -0.2) is 4.39 Å². The summed E-state index contributed by atoms with van der Waals surface area (Å²) in [5.74, 6) is -0.209. The summed E-state index contributed by atoms with van der Waals surface area (Å²) in [5, 5.41) is 0. The maximum absolute atomic E-state index is 13.2. The van der Waals surface area contributed by atoms with Crippen LogP contribution in [0.2, 0.25) is 0 Å². The van der Waals surface area contributed by atoms with Crippen molar-refractivity contribution in [1.82, 2.24) is 0 Å². The van der Waals surface area contributed by atoms with Crippen LogP contribution in [0.5, 0.6) is 0 Å². The second kappa shape index (κ2) is 5.85. The number of hydrogen-bond donors (Lipinski definition) is 1. The number of nitrogens with two attached hydrogens (primary N) is 1. The van der Waals surface area contributed by atoms with Gasteiger partial charge in [0.2, 0.25) is 0 Å². The summed E-state index contributed by atoms with van der Waals surface area (Å²) in [7, 11) is 1.96. The van der Waals surface area contributed by atoms with Crippen LogP contribution >= 0.6 is 0 Å². The molecule has 3 heteroatoms. The Labute approximate surface area is 113 Å². The van der Waals surface area contributed by atoms with E-state index in [1.54, 1.807) is 12.1 Å². The first-order valence-corrected chi connectivity index (χ1v) is 6.35. The van der Waals surface area contributed by atoms with E-state index in [0.717, 1.165) is 17.8 Å². The minimum absolute atomic E-state index is 0.209. The molecule has 2 nitrogen and oxygen atoms in total. The van der Waals surface area contributed by atoms with Gasteiger partial charge in [0.25, 0.3) is 0 Å². The molecule has 0 aliphatic rings. The zero-order chi connectivity index (χ0) is 13.8. The highest BCUT2D eigenvalue weighted by Gasteiger charge is 2.06. The lowest BCUT2D eigenvalue weighted by Gasteiger charge is -2.21. The quantitative estimate of drug-likeness (QED) is 0.912. The molecule has 0 spiro atoms. The summed E-state index contributed by atoms with van der Waals surface area (Å²) < 4.78 is 13.2. The lowest BCUT2D eigenvalue weighted by Crippen LogP contribution is -2.17. The minimum atomic E-state index is -0.209. The average molecular weight is 258 g/mol. The monoisotopic (exact) mass is 258 g/mol. The zero-order valence-electron chi connectivity index (χ0n) is 11.4. The van der Waals surface area contributed by atoms with E-state index in [2.05, 4.69) is 19.1 Å². The van der Waals surface area contributed by atoms with Crippen LogP contribution in [0.25, 0.3) is 0 Å². The summed E-state index contributed by atoms with van der Waals surface area (Å²) in [4.78, 5) is 2.04. The van der Waals surface area contributed by atoms with Crippen LogP contribution in [0.3, 0.4) is 0 Å². The van der Waals surface area contributed by atoms with Crippen molar-refractivity contribution in [3.63, 3.8) is 0 Å². The van der Waals surface area contributed by atoms with Crippen molar-refractivity contribution in [2.24, 2.45) is 5.73 Å². The van der Waals surface area contributed by atoms with E-state index < -0.39 is 0 Å². The summed E-state index contributed by atoms with van der Waals surface area (Å²) in [6, 6.07) is 12.9. The minimum Gasteiger partial charge on any atom is -0.370 e. The molecular weight excluding hydrogens is 239 g/mol. The third-order valence-electron chi connectivity index (χ3n) is 3.30. The molecule has 2 aromatic carbocycles. The van der Waals surface area contributed by atoms with Crippen molar-refractivity contribution < 1.29 is 4.39 Å². The molecule has 0 unspecified atom stereocenters. The highest BCUT2D eigenvalue weighted by atomic mass is 19.1. The summed E-state index contributed by atoms with van der Waals surface area (Å²) >= 11 is 0. The number of nitrogens with zero attached hydrogens (tertiary/aromatic N) is 1. The zero-order valence-corrected chi connectivity index (χ0v) is 11.4. The lowest BCUT2D eigenvalue weighted by atomic mass is 10.0. The third-order valence-corrected chi connectivity index (χ3v) is 3.30. The van der Waals surface area contributed by atoms with Gasteiger partial charge in [-0.1, -0.05) is 24.3 Å². The Balaban J connectivity index is 2.17. The van der Waals surface area contributed by atoms with Gasteiger partial charge in [-0.15, -0.1) is 0 Å². The predicted molar refractivity (Wildman–Crippen MR) is 77.6 cm³/mol. The molecule has 0 heterocycles. The fourth-order valence-electron chi connectivity index (χ4n) is 2.12. The van der Waals surface area contributed by atoms with Crippen LogP contribution in [0, 0.1) is 12.7 Å².